The van der Waals surface area contributed by atoms with Gasteiger partial charge in [0, 0.05) is 12.6 Å². The molecule has 0 bridgehead atoms. The molecule has 94 valence electrons. The number of nitrogens with zero attached hydrogens (tertiary/aromatic N) is 1. The van der Waals surface area contributed by atoms with E-state index in [0.29, 0.717) is 11.6 Å². The third kappa shape index (κ3) is 3.09. The smallest absolute Gasteiger partial charge is 0.254 e. The second kappa shape index (κ2) is 5.87. The van der Waals surface area contributed by atoms with Gasteiger partial charge in [-0.05, 0) is 38.4 Å². The van der Waals surface area contributed by atoms with Crippen LogP contribution in [0.15, 0.2) is 23.0 Å². The molecule has 1 fully saturated rings. The Labute approximate surface area is 102 Å². The summed E-state index contributed by atoms with van der Waals surface area (Å²) >= 11 is 0. The third-order valence-electron chi connectivity index (χ3n) is 3.41. The molecule has 2 rings (SSSR count). The van der Waals surface area contributed by atoms with E-state index < -0.39 is 0 Å². The molecule has 2 heterocycles. The van der Waals surface area contributed by atoms with Crippen LogP contribution < -0.4 is 5.32 Å². The number of rotatable bonds is 5. The van der Waals surface area contributed by atoms with Gasteiger partial charge < -0.3 is 9.73 Å². The van der Waals surface area contributed by atoms with Crippen LogP contribution in [0.25, 0.3) is 0 Å². The first-order valence-corrected chi connectivity index (χ1v) is 6.35. The number of furan rings is 1. The van der Waals surface area contributed by atoms with Crippen LogP contribution in [0.5, 0.6) is 0 Å². The molecule has 0 spiro atoms. The van der Waals surface area contributed by atoms with E-state index in [2.05, 4.69) is 17.1 Å². The molecule has 1 aliphatic rings. The lowest BCUT2D eigenvalue weighted by molar-refractivity contribution is 0.0936. The zero-order chi connectivity index (χ0) is 12.1. The highest BCUT2D eigenvalue weighted by atomic mass is 16.3. The number of likely N-dealkylation sites (tertiary alicyclic amines) is 1. The third-order valence-corrected chi connectivity index (χ3v) is 3.41. The molecule has 4 nitrogen and oxygen atoms in total. The largest absolute Gasteiger partial charge is 0.472 e. The molecule has 1 saturated heterocycles. The summed E-state index contributed by atoms with van der Waals surface area (Å²) < 4.78 is 4.90. The Kier molecular flexibility index (Phi) is 4.20. The molecule has 1 amide bonds. The maximum absolute atomic E-state index is 11.8. The first-order valence-electron chi connectivity index (χ1n) is 6.35. The van der Waals surface area contributed by atoms with E-state index in [1.807, 2.05) is 0 Å². The molecule has 0 aliphatic carbocycles. The summed E-state index contributed by atoms with van der Waals surface area (Å²) in [4.78, 5) is 14.2. The van der Waals surface area contributed by atoms with E-state index >= 15 is 0 Å². The van der Waals surface area contributed by atoms with Crippen LogP contribution in [0.4, 0.5) is 0 Å². The quantitative estimate of drug-likeness (QED) is 0.849. The normalized spacial score (nSPS) is 18.2. The fourth-order valence-electron chi connectivity index (χ4n) is 2.34. The van der Waals surface area contributed by atoms with Gasteiger partial charge in [-0.25, -0.2) is 0 Å². The van der Waals surface area contributed by atoms with Crippen LogP contribution in [0.2, 0.25) is 0 Å². The van der Waals surface area contributed by atoms with Crippen molar-refractivity contribution in [2.45, 2.75) is 32.2 Å². The van der Waals surface area contributed by atoms with Crippen molar-refractivity contribution in [1.82, 2.24) is 10.2 Å². The van der Waals surface area contributed by atoms with Crippen LogP contribution >= 0.6 is 0 Å². The number of amides is 1. The van der Waals surface area contributed by atoms with Crippen molar-refractivity contribution >= 4 is 5.91 Å². The summed E-state index contributed by atoms with van der Waals surface area (Å²) in [7, 11) is 0. The molecule has 4 heteroatoms. The van der Waals surface area contributed by atoms with Crippen LogP contribution in [-0.2, 0) is 0 Å². The molecule has 0 saturated carbocycles. The Morgan fingerprint density at radius 2 is 2.29 bits per heavy atom. The van der Waals surface area contributed by atoms with Gasteiger partial charge in [0.1, 0.15) is 6.26 Å². The lowest BCUT2D eigenvalue weighted by Gasteiger charge is -2.26. The van der Waals surface area contributed by atoms with Gasteiger partial charge in [0.15, 0.2) is 0 Å². The molecule has 1 atom stereocenters. The second-order valence-corrected chi connectivity index (χ2v) is 4.53. The molecule has 17 heavy (non-hydrogen) atoms. The zero-order valence-electron chi connectivity index (χ0n) is 10.3. The van der Waals surface area contributed by atoms with E-state index in [1.54, 1.807) is 6.07 Å². The van der Waals surface area contributed by atoms with Crippen molar-refractivity contribution in [2.75, 3.05) is 19.6 Å². The lowest BCUT2D eigenvalue weighted by Crippen LogP contribution is -2.42. The monoisotopic (exact) mass is 236 g/mol. The van der Waals surface area contributed by atoms with Gasteiger partial charge in [-0.3, -0.25) is 9.69 Å². The summed E-state index contributed by atoms with van der Waals surface area (Å²) in [5, 5.41) is 2.97. The van der Waals surface area contributed by atoms with Crippen LogP contribution in [0.1, 0.15) is 36.5 Å². The standard InChI is InChI=1S/C13H20N2O2/c1-2-12(15-6-3-4-7-15)9-14-13(16)11-5-8-17-10-11/h5,8,10,12H,2-4,6-7,9H2,1H3,(H,14,16)/t12-/m1/s1. The van der Waals surface area contributed by atoms with E-state index in [-0.39, 0.29) is 5.91 Å². The average Bonchev–Trinajstić information content (AvgIpc) is 3.02. The molecule has 0 unspecified atom stereocenters. The van der Waals surface area contributed by atoms with Crippen molar-refractivity contribution in [1.29, 1.82) is 0 Å². The van der Waals surface area contributed by atoms with Gasteiger partial charge in [-0.1, -0.05) is 6.92 Å². The molecule has 1 aromatic heterocycles. The zero-order valence-corrected chi connectivity index (χ0v) is 10.3. The van der Waals surface area contributed by atoms with E-state index in [4.69, 9.17) is 4.42 Å². The van der Waals surface area contributed by atoms with Gasteiger partial charge in [-0.15, -0.1) is 0 Å². The topological polar surface area (TPSA) is 45.5 Å². The number of hydrogen-bond acceptors (Lipinski definition) is 3. The molecule has 1 aliphatic heterocycles. The lowest BCUT2D eigenvalue weighted by atomic mass is 10.2. The van der Waals surface area contributed by atoms with Crippen LogP contribution in [-0.4, -0.2) is 36.5 Å². The Balaban J connectivity index is 1.81. The molecular weight excluding hydrogens is 216 g/mol. The first kappa shape index (κ1) is 12.2. The number of carbonyl (C=O) groups excluding carboxylic acids is 1. The minimum Gasteiger partial charge on any atom is -0.472 e. The molecular formula is C13H20N2O2. The maximum Gasteiger partial charge on any atom is 0.254 e. The van der Waals surface area contributed by atoms with Gasteiger partial charge in [0.05, 0.1) is 11.8 Å². The highest BCUT2D eigenvalue weighted by molar-refractivity contribution is 5.93. The fourth-order valence-corrected chi connectivity index (χ4v) is 2.34. The Hall–Kier alpha value is -1.29. The van der Waals surface area contributed by atoms with Crippen LogP contribution in [0.3, 0.4) is 0 Å². The number of hydrogen-bond donors (Lipinski definition) is 1. The SMILES string of the molecule is CC[C@H](CNC(=O)c1ccoc1)N1CCCC1. The predicted octanol–water partition coefficient (Wildman–Crippen LogP) is 1.88. The van der Waals surface area contributed by atoms with Gasteiger partial charge in [-0.2, -0.15) is 0 Å². The maximum atomic E-state index is 11.8. The molecule has 0 aromatic carbocycles. The second-order valence-electron chi connectivity index (χ2n) is 4.53. The van der Waals surface area contributed by atoms with E-state index in [0.717, 1.165) is 13.0 Å². The van der Waals surface area contributed by atoms with Crippen LogP contribution in [0, 0.1) is 0 Å². The minimum absolute atomic E-state index is 0.0450. The fraction of sp³-hybridized carbons (Fsp3) is 0.615. The van der Waals surface area contributed by atoms with Gasteiger partial charge in [0.2, 0.25) is 0 Å². The highest BCUT2D eigenvalue weighted by Crippen LogP contribution is 2.13. The van der Waals surface area contributed by atoms with Crippen molar-refractivity contribution in [3.8, 4) is 0 Å². The summed E-state index contributed by atoms with van der Waals surface area (Å²) in [5.74, 6) is -0.0450. The number of nitrogens with one attached hydrogen (secondary N) is 1. The highest BCUT2D eigenvalue weighted by Gasteiger charge is 2.20. The van der Waals surface area contributed by atoms with Crippen molar-refractivity contribution in [2.24, 2.45) is 0 Å². The van der Waals surface area contributed by atoms with E-state index in [1.165, 1.54) is 38.5 Å². The molecule has 1 aromatic rings. The summed E-state index contributed by atoms with van der Waals surface area (Å²) in [6.07, 6.45) is 6.64. The predicted molar refractivity (Wildman–Crippen MR) is 65.9 cm³/mol. The Bertz CT molecular complexity index is 342. The minimum atomic E-state index is -0.0450. The van der Waals surface area contributed by atoms with Crippen molar-refractivity contribution in [3.05, 3.63) is 24.2 Å². The Morgan fingerprint density at radius 3 is 2.88 bits per heavy atom. The average molecular weight is 236 g/mol. The summed E-state index contributed by atoms with van der Waals surface area (Å²) in [6.45, 7) is 5.23. The van der Waals surface area contributed by atoms with Gasteiger partial charge >= 0.3 is 0 Å². The van der Waals surface area contributed by atoms with Crippen molar-refractivity contribution in [3.63, 3.8) is 0 Å². The van der Waals surface area contributed by atoms with Gasteiger partial charge in [0.25, 0.3) is 5.91 Å². The van der Waals surface area contributed by atoms with Crippen molar-refractivity contribution < 1.29 is 9.21 Å². The Morgan fingerprint density at radius 1 is 1.53 bits per heavy atom. The summed E-state index contributed by atoms with van der Waals surface area (Å²) in [6, 6.07) is 2.15. The molecule has 1 N–H and O–H groups in total. The van der Waals surface area contributed by atoms with E-state index in [9.17, 15) is 4.79 Å². The first-order chi connectivity index (χ1) is 8.31. The number of carbonyl (C=O) groups is 1. The summed E-state index contributed by atoms with van der Waals surface area (Å²) in [5.41, 5.74) is 0.598. The molecule has 0 radical (unpaired) electrons.